The van der Waals surface area contributed by atoms with Crippen molar-refractivity contribution in [1.29, 1.82) is 0 Å². The first-order valence-electron chi connectivity index (χ1n) is 10.1. The Hall–Kier alpha value is -3.35. The van der Waals surface area contributed by atoms with Gasteiger partial charge < -0.3 is 18.9 Å². The molecule has 2 aromatic carbocycles. The van der Waals surface area contributed by atoms with E-state index in [2.05, 4.69) is 10.1 Å². The van der Waals surface area contributed by atoms with E-state index >= 15 is 0 Å². The van der Waals surface area contributed by atoms with Crippen LogP contribution in [-0.4, -0.2) is 48.3 Å². The predicted octanol–water partition coefficient (Wildman–Crippen LogP) is 3.70. The summed E-state index contributed by atoms with van der Waals surface area (Å²) in [6, 6.07) is 15.3. The first-order chi connectivity index (χ1) is 14.7. The van der Waals surface area contributed by atoms with E-state index in [0.29, 0.717) is 36.2 Å². The van der Waals surface area contributed by atoms with Crippen molar-refractivity contribution in [3.8, 4) is 22.9 Å². The molecule has 7 nitrogen and oxygen atoms in total. The molecule has 156 valence electrons. The lowest BCUT2D eigenvalue weighted by Gasteiger charge is -2.31. The highest BCUT2D eigenvalue weighted by molar-refractivity contribution is 5.79. The highest BCUT2D eigenvalue weighted by atomic mass is 16.5. The maximum absolute atomic E-state index is 12.7. The molecule has 0 spiro atoms. The average Bonchev–Trinajstić information content (AvgIpc) is 3.30. The molecular formula is C23H25N3O4. The predicted molar refractivity (Wildman–Crippen MR) is 112 cm³/mol. The van der Waals surface area contributed by atoms with Crippen LogP contribution in [0.25, 0.3) is 11.4 Å². The zero-order chi connectivity index (χ0) is 20.9. The Kier molecular flexibility index (Phi) is 5.97. The molecule has 0 bridgehead atoms. The summed E-state index contributed by atoms with van der Waals surface area (Å²) in [5.74, 6) is 2.49. The number of ether oxygens (including phenoxy) is 2. The minimum atomic E-state index is 0.0415. The Bertz CT molecular complexity index is 1000. The van der Waals surface area contributed by atoms with Crippen LogP contribution in [0.2, 0.25) is 0 Å². The summed E-state index contributed by atoms with van der Waals surface area (Å²) in [6.45, 7) is 1.36. The van der Waals surface area contributed by atoms with E-state index in [1.807, 2.05) is 53.4 Å². The Labute approximate surface area is 175 Å². The second-order valence-corrected chi connectivity index (χ2v) is 7.37. The van der Waals surface area contributed by atoms with Crippen LogP contribution >= 0.6 is 0 Å². The molecule has 2 heterocycles. The number of likely N-dealkylation sites (tertiary alicyclic amines) is 1. The quantitative estimate of drug-likeness (QED) is 0.620. The van der Waals surface area contributed by atoms with Crippen molar-refractivity contribution in [3.05, 3.63) is 60.0 Å². The van der Waals surface area contributed by atoms with Crippen LogP contribution in [0.15, 0.2) is 53.1 Å². The van der Waals surface area contributed by atoms with Gasteiger partial charge in [0.05, 0.1) is 26.6 Å². The Morgan fingerprint density at radius 1 is 1.13 bits per heavy atom. The number of nitrogens with zero attached hydrogens (tertiary/aromatic N) is 3. The molecule has 0 saturated carbocycles. The highest BCUT2D eigenvalue weighted by Crippen LogP contribution is 2.32. The Morgan fingerprint density at radius 2 is 1.93 bits per heavy atom. The maximum Gasteiger partial charge on any atom is 0.231 e. The van der Waals surface area contributed by atoms with E-state index in [0.717, 1.165) is 30.5 Å². The summed E-state index contributed by atoms with van der Waals surface area (Å²) in [5.41, 5.74) is 1.81. The molecule has 1 saturated heterocycles. The molecule has 7 heteroatoms. The first-order valence-corrected chi connectivity index (χ1v) is 10.1. The fourth-order valence-electron chi connectivity index (χ4n) is 3.78. The molecule has 0 aliphatic carbocycles. The van der Waals surface area contributed by atoms with Gasteiger partial charge >= 0.3 is 0 Å². The van der Waals surface area contributed by atoms with Gasteiger partial charge in [-0.25, -0.2) is 0 Å². The van der Waals surface area contributed by atoms with Gasteiger partial charge in [0.25, 0.3) is 0 Å². The van der Waals surface area contributed by atoms with E-state index in [1.54, 1.807) is 14.2 Å². The molecule has 30 heavy (non-hydrogen) atoms. The summed E-state index contributed by atoms with van der Waals surface area (Å²) in [7, 11) is 3.18. The minimum Gasteiger partial charge on any atom is -0.493 e. The monoisotopic (exact) mass is 407 g/mol. The molecule has 4 rings (SSSR count). The van der Waals surface area contributed by atoms with E-state index < -0.39 is 0 Å². The van der Waals surface area contributed by atoms with Gasteiger partial charge in [0, 0.05) is 18.7 Å². The average molecular weight is 407 g/mol. The molecule has 1 aliphatic rings. The van der Waals surface area contributed by atoms with Crippen molar-refractivity contribution in [2.45, 2.75) is 25.2 Å². The zero-order valence-corrected chi connectivity index (χ0v) is 17.2. The van der Waals surface area contributed by atoms with Crippen LogP contribution in [0.3, 0.4) is 0 Å². The molecule has 1 atom stereocenters. The molecule has 3 aromatic rings. The third-order valence-corrected chi connectivity index (χ3v) is 5.40. The largest absolute Gasteiger partial charge is 0.493 e. The summed E-state index contributed by atoms with van der Waals surface area (Å²) < 4.78 is 16.2. The molecule has 1 aromatic heterocycles. The summed E-state index contributed by atoms with van der Waals surface area (Å²) >= 11 is 0. The van der Waals surface area contributed by atoms with Crippen LogP contribution in [-0.2, 0) is 11.2 Å². The zero-order valence-electron chi connectivity index (χ0n) is 17.2. The molecule has 1 aliphatic heterocycles. The van der Waals surface area contributed by atoms with Gasteiger partial charge in [-0.05, 0) is 36.6 Å². The van der Waals surface area contributed by atoms with Crippen molar-refractivity contribution in [3.63, 3.8) is 0 Å². The third kappa shape index (κ3) is 4.30. The second-order valence-electron chi connectivity index (χ2n) is 7.37. The molecule has 1 amide bonds. The van der Waals surface area contributed by atoms with Gasteiger partial charge in [0.15, 0.2) is 11.5 Å². The number of carbonyl (C=O) groups excluding carboxylic acids is 1. The number of hydrogen-bond donors (Lipinski definition) is 0. The van der Waals surface area contributed by atoms with Gasteiger partial charge in [0.2, 0.25) is 17.6 Å². The topological polar surface area (TPSA) is 77.7 Å². The first kappa shape index (κ1) is 19.9. The van der Waals surface area contributed by atoms with Gasteiger partial charge in [0.1, 0.15) is 0 Å². The number of piperidine rings is 1. The number of amides is 1. The number of hydrogen-bond acceptors (Lipinski definition) is 6. The fraction of sp³-hybridized carbons (Fsp3) is 0.348. The lowest BCUT2D eigenvalue weighted by Crippen LogP contribution is -2.40. The van der Waals surface area contributed by atoms with E-state index in [9.17, 15) is 4.79 Å². The van der Waals surface area contributed by atoms with Crippen molar-refractivity contribution in [2.24, 2.45) is 0 Å². The Balaban J connectivity index is 1.46. The molecule has 0 unspecified atom stereocenters. The van der Waals surface area contributed by atoms with Crippen LogP contribution in [0.1, 0.15) is 30.2 Å². The van der Waals surface area contributed by atoms with Crippen molar-refractivity contribution in [1.82, 2.24) is 15.0 Å². The van der Waals surface area contributed by atoms with Gasteiger partial charge in [-0.2, -0.15) is 4.98 Å². The maximum atomic E-state index is 12.7. The molecular weight excluding hydrogens is 382 g/mol. The standard InChI is InChI=1S/C23H25N3O4/c1-28-19-11-10-17(14-20(19)29-2)22-24-23(30-25-22)18-9-6-12-26(15-18)21(27)13-16-7-4-3-5-8-16/h3-5,7-8,10-11,14,18H,6,9,12-13,15H2,1-2H3/t18-/m0/s1. The van der Waals surface area contributed by atoms with Gasteiger partial charge in [-0.3, -0.25) is 4.79 Å². The smallest absolute Gasteiger partial charge is 0.231 e. The lowest BCUT2D eigenvalue weighted by atomic mass is 9.97. The number of benzene rings is 2. The number of aromatic nitrogens is 2. The highest BCUT2D eigenvalue weighted by Gasteiger charge is 2.28. The van der Waals surface area contributed by atoms with Gasteiger partial charge in [-0.15, -0.1) is 0 Å². The van der Waals surface area contributed by atoms with Crippen LogP contribution in [0.5, 0.6) is 11.5 Å². The summed E-state index contributed by atoms with van der Waals surface area (Å²) in [6.07, 6.45) is 2.25. The van der Waals surface area contributed by atoms with Crippen LogP contribution in [0, 0.1) is 0 Å². The minimum absolute atomic E-state index is 0.0415. The van der Waals surface area contributed by atoms with Crippen LogP contribution < -0.4 is 9.47 Å². The number of methoxy groups -OCH3 is 2. The fourth-order valence-corrected chi connectivity index (χ4v) is 3.78. The van der Waals surface area contributed by atoms with Gasteiger partial charge in [-0.1, -0.05) is 35.5 Å². The summed E-state index contributed by atoms with van der Waals surface area (Å²) in [5, 5.41) is 4.14. The molecule has 0 radical (unpaired) electrons. The van der Waals surface area contributed by atoms with E-state index in [1.165, 1.54) is 0 Å². The third-order valence-electron chi connectivity index (χ3n) is 5.40. The van der Waals surface area contributed by atoms with E-state index in [4.69, 9.17) is 14.0 Å². The van der Waals surface area contributed by atoms with Crippen molar-refractivity contribution in [2.75, 3.05) is 27.3 Å². The Morgan fingerprint density at radius 3 is 2.70 bits per heavy atom. The molecule has 0 N–H and O–H groups in total. The summed E-state index contributed by atoms with van der Waals surface area (Å²) in [4.78, 5) is 19.2. The van der Waals surface area contributed by atoms with Crippen molar-refractivity contribution < 1.29 is 18.8 Å². The lowest BCUT2D eigenvalue weighted by molar-refractivity contribution is -0.131. The van der Waals surface area contributed by atoms with Crippen molar-refractivity contribution >= 4 is 5.91 Å². The van der Waals surface area contributed by atoms with E-state index in [-0.39, 0.29) is 11.8 Å². The molecule has 1 fully saturated rings. The number of rotatable bonds is 6. The number of carbonyl (C=O) groups is 1. The second kappa shape index (κ2) is 8.98. The SMILES string of the molecule is COc1ccc(-c2noc([C@H]3CCCN(C(=O)Cc4ccccc4)C3)n2)cc1OC. The van der Waals surface area contributed by atoms with Crippen LogP contribution in [0.4, 0.5) is 0 Å². The normalized spacial score (nSPS) is 16.3.